The van der Waals surface area contributed by atoms with Crippen LogP contribution in [0.3, 0.4) is 0 Å². The van der Waals surface area contributed by atoms with Gasteiger partial charge >= 0.3 is 5.97 Å². The predicted octanol–water partition coefficient (Wildman–Crippen LogP) is 3.02. The van der Waals surface area contributed by atoms with Gasteiger partial charge in [0.2, 0.25) is 6.29 Å². The fraction of sp³-hybridized carbons (Fsp3) is 0.769. The fourth-order valence-electron chi connectivity index (χ4n) is 1.25. The lowest BCUT2D eigenvalue weighted by Crippen LogP contribution is -2.23. The Bertz CT molecular complexity index is 225. The summed E-state index contributed by atoms with van der Waals surface area (Å²) in [6.07, 6.45) is 6.68. The average Bonchev–Trinajstić information content (AvgIpc) is 2.28. The summed E-state index contributed by atoms with van der Waals surface area (Å²) in [5.41, 5.74) is 0. The molecule has 4 nitrogen and oxygen atoms in total. The summed E-state index contributed by atoms with van der Waals surface area (Å²) in [6, 6.07) is 0. The van der Waals surface area contributed by atoms with Gasteiger partial charge in [-0.25, -0.2) is 4.79 Å². The van der Waals surface area contributed by atoms with Crippen molar-refractivity contribution in [2.75, 3.05) is 7.11 Å². The molecule has 0 spiro atoms. The highest BCUT2D eigenvalue weighted by molar-refractivity contribution is 5.81. The molecular weight excluding hydrogens is 220 g/mol. The summed E-state index contributed by atoms with van der Waals surface area (Å²) in [4.78, 5) is 11.3. The highest BCUT2D eigenvalue weighted by Crippen LogP contribution is 2.03. The van der Waals surface area contributed by atoms with E-state index in [0.717, 1.165) is 12.8 Å². The van der Waals surface area contributed by atoms with E-state index in [1.54, 1.807) is 13.8 Å². The molecule has 0 aliphatic heterocycles. The molecule has 0 saturated carbocycles. The summed E-state index contributed by atoms with van der Waals surface area (Å²) in [5.74, 6) is -0.377. The standard InChI is InChI=1S/C13H24O4/c1-5-6-7-8-9-10-13(14)17-12(3)16-11(2)15-4/h9-12H,5-8H2,1-4H3/b10-9+. The third kappa shape index (κ3) is 10.0. The van der Waals surface area contributed by atoms with Crippen LogP contribution in [-0.4, -0.2) is 25.7 Å². The van der Waals surface area contributed by atoms with Crippen molar-refractivity contribution in [1.29, 1.82) is 0 Å². The Morgan fingerprint density at radius 3 is 2.53 bits per heavy atom. The van der Waals surface area contributed by atoms with Gasteiger partial charge in [-0.1, -0.05) is 25.8 Å². The third-order valence-electron chi connectivity index (χ3n) is 2.23. The van der Waals surface area contributed by atoms with Crippen molar-refractivity contribution in [3.05, 3.63) is 12.2 Å². The van der Waals surface area contributed by atoms with Crippen LogP contribution in [0.4, 0.5) is 0 Å². The maximum absolute atomic E-state index is 11.3. The van der Waals surface area contributed by atoms with E-state index in [-0.39, 0.29) is 12.3 Å². The molecular formula is C13H24O4. The van der Waals surface area contributed by atoms with Crippen molar-refractivity contribution >= 4 is 5.97 Å². The quantitative estimate of drug-likeness (QED) is 0.271. The fourth-order valence-corrected chi connectivity index (χ4v) is 1.25. The smallest absolute Gasteiger partial charge is 0.332 e. The molecule has 0 aromatic rings. The number of rotatable bonds is 9. The van der Waals surface area contributed by atoms with Crippen LogP contribution >= 0.6 is 0 Å². The first kappa shape index (κ1) is 16.1. The Kier molecular flexibility index (Phi) is 9.77. The van der Waals surface area contributed by atoms with E-state index >= 15 is 0 Å². The van der Waals surface area contributed by atoms with Crippen LogP contribution in [0.5, 0.6) is 0 Å². The molecule has 0 fully saturated rings. The van der Waals surface area contributed by atoms with Gasteiger partial charge in [0.15, 0.2) is 6.29 Å². The highest BCUT2D eigenvalue weighted by Gasteiger charge is 2.10. The second kappa shape index (κ2) is 10.3. The Morgan fingerprint density at radius 1 is 1.24 bits per heavy atom. The van der Waals surface area contributed by atoms with Gasteiger partial charge in [0.1, 0.15) is 0 Å². The average molecular weight is 244 g/mol. The number of hydrogen-bond donors (Lipinski definition) is 0. The molecule has 100 valence electrons. The lowest BCUT2D eigenvalue weighted by atomic mass is 10.2. The predicted molar refractivity (Wildman–Crippen MR) is 66.4 cm³/mol. The Labute approximate surface area is 104 Å². The molecule has 0 amide bonds. The number of carbonyl (C=O) groups is 1. The van der Waals surface area contributed by atoms with Crippen LogP contribution in [-0.2, 0) is 19.0 Å². The van der Waals surface area contributed by atoms with Crippen LogP contribution in [0.25, 0.3) is 0 Å². The van der Waals surface area contributed by atoms with Gasteiger partial charge in [0.05, 0.1) is 0 Å². The van der Waals surface area contributed by atoms with Crippen LogP contribution in [0.2, 0.25) is 0 Å². The van der Waals surface area contributed by atoms with Crippen molar-refractivity contribution in [3.63, 3.8) is 0 Å². The molecule has 0 rings (SSSR count). The minimum absolute atomic E-state index is 0.377. The second-order valence-corrected chi connectivity index (χ2v) is 3.84. The molecule has 2 unspecified atom stereocenters. The van der Waals surface area contributed by atoms with E-state index in [2.05, 4.69) is 6.92 Å². The summed E-state index contributed by atoms with van der Waals surface area (Å²) in [6.45, 7) is 5.55. The van der Waals surface area contributed by atoms with E-state index in [9.17, 15) is 4.79 Å². The van der Waals surface area contributed by atoms with Crippen molar-refractivity contribution in [2.45, 2.75) is 59.0 Å². The molecule has 0 saturated heterocycles. The molecule has 2 atom stereocenters. The number of esters is 1. The second-order valence-electron chi connectivity index (χ2n) is 3.84. The molecule has 0 aliphatic carbocycles. The van der Waals surface area contributed by atoms with E-state index in [0.29, 0.717) is 0 Å². The largest absolute Gasteiger partial charge is 0.433 e. The van der Waals surface area contributed by atoms with Crippen LogP contribution in [0, 0.1) is 0 Å². The van der Waals surface area contributed by atoms with Gasteiger partial charge in [0, 0.05) is 13.2 Å². The zero-order valence-electron chi connectivity index (χ0n) is 11.3. The first-order valence-corrected chi connectivity index (χ1v) is 6.15. The van der Waals surface area contributed by atoms with Crippen LogP contribution in [0.1, 0.15) is 46.5 Å². The Hall–Kier alpha value is -0.870. The molecule has 0 radical (unpaired) electrons. The topological polar surface area (TPSA) is 44.8 Å². The van der Waals surface area contributed by atoms with Gasteiger partial charge in [-0.2, -0.15) is 0 Å². The molecule has 0 N–H and O–H groups in total. The number of methoxy groups -OCH3 is 1. The number of hydrogen-bond acceptors (Lipinski definition) is 4. The lowest BCUT2D eigenvalue weighted by molar-refractivity contribution is -0.219. The van der Waals surface area contributed by atoms with Gasteiger partial charge in [-0.05, 0) is 26.7 Å². The summed E-state index contributed by atoms with van der Waals surface area (Å²) in [7, 11) is 1.53. The van der Waals surface area contributed by atoms with Gasteiger partial charge < -0.3 is 14.2 Å². The zero-order valence-corrected chi connectivity index (χ0v) is 11.3. The molecule has 0 aromatic heterocycles. The van der Waals surface area contributed by atoms with Crippen molar-refractivity contribution in [3.8, 4) is 0 Å². The van der Waals surface area contributed by atoms with Crippen molar-refractivity contribution < 1.29 is 19.0 Å². The summed E-state index contributed by atoms with van der Waals surface area (Å²) in [5, 5.41) is 0. The summed E-state index contributed by atoms with van der Waals surface area (Å²) < 4.78 is 15.1. The van der Waals surface area contributed by atoms with E-state index in [4.69, 9.17) is 14.2 Å². The van der Waals surface area contributed by atoms with Crippen LogP contribution < -0.4 is 0 Å². The first-order valence-electron chi connectivity index (χ1n) is 6.15. The Balaban J connectivity index is 3.69. The minimum Gasteiger partial charge on any atom is -0.433 e. The SMILES string of the molecule is CCCCC/C=C/C(=O)OC(C)OC(C)OC. The summed E-state index contributed by atoms with van der Waals surface area (Å²) >= 11 is 0. The molecule has 17 heavy (non-hydrogen) atoms. The zero-order chi connectivity index (χ0) is 13.1. The van der Waals surface area contributed by atoms with Crippen molar-refractivity contribution in [1.82, 2.24) is 0 Å². The van der Waals surface area contributed by atoms with Gasteiger partial charge in [0.25, 0.3) is 0 Å². The monoisotopic (exact) mass is 244 g/mol. The third-order valence-corrected chi connectivity index (χ3v) is 2.23. The van der Waals surface area contributed by atoms with Crippen LogP contribution in [0.15, 0.2) is 12.2 Å². The van der Waals surface area contributed by atoms with Gasteiger partial charge in [-0.3, -0.25) is 0 Å². The van der Waals surface area contributed by atoms with E-state index in [1.165, 1.54) is 26.0 Å². The molecule has 4 heteroatoms. The maximum Gasteiger partial charge on any atom is 0.332 e. The number of unbranched alkanes of at least 4 members (excludes halogenated alkanes) is 3. The molecule has 0 aliphatic rings. The molecule has 0 aromatic carbocycles. The maximum atomic E-state index is 11.3. The molecule has 0 bridgehead atoms. The molecule has 0 heterocycles. The van der Waals surface area contributed by atoms with Crippen molar-refractivity contribution in [2.24, 2.45) is 0 Å². The lowest BCUT2D eigenvalue weighted by Gasteiger charge is -2.17. The number of allylic oxidation sites excluding steroid dienone is 1. The highest BCUT2D eigenvalue weighted by atomic mass is 16.8. The van der Waals surface area contributed by atoms with E-state index < -0.39 is 6.29 Å². The normalized spacial score (nSPS) is 14.8. The van der Waals surface area contributed by atoms with E-state index in [1.807, 2.05) is 6.08 Å². The first-order chi connectivity index (χ1) is 8.10. The Morgan fingerprint density at radius 2 is 1.94 bits per heavy atom. The van der Waals surface area contributed by atoms with Gasteiger partial charge in [-0.15, -0.1) is 0 Å². The number of carbonyl (C=O) groups excluding carboxylic acids is 1. The minimum atomic E-state index is -0.599. The number of ether oxygens (including phenoxy) is 3.